The van der Waals surface area contributed by atoms with Gasteiger partial charge in [-0.1, -0.05) is 30.7 Å². The summed E-state index contributed by atoms with van der Waals surface area (Å²) in [7, 11) is 1.83. The normalized spacial score (nSPS) is 21.5. The molecule has 1 aromatic rings. The van der Waals surface area contributed by atoms with Crippen LogP contribution in [0.2, 0.25) is 0 Å². The van der Waals surface area contributed by atoms with Crippen LogP contribution in [-0.4, -0.2) is 72.8 Å². The van der Waals surface area contributed by atoms with E-state index in [9.17, 15) is 5.11 Å². The number of nitrogens with zero attached hydrogens (tertiary/aromatic N) is 3. The average molecular weight is 544 g/mol. The van der Waals surface area contributed by atoms with Gasteiger partial charge in [0.2, 0.25) is 0 Å². The smallest absolute Gasteiger partial charge is 0.191 e. The van der Waals surface area contributed by atoms with Crippen LogP contribution < -0.4 is 10.6 Å². The Balaban J connectivity index is 0.00000341. The fourth-order valence-electron chi connectivity index (χ4n) is 4.48. The molecular weight excluding hydrogens is 501 g/mol. The molecule has 1 atom stereocenters. The summed E-state index contributed by atoms with van der Waals surface area (Å²) in [6, 6.07) is 9.58. The minimum atomic E-state index is -0.105. The van der Waals surface area contributed by atoms with Crippen molar-refractivity contribution < 1.29 is 5.11 Å². The number of aliphatic imine (C=N–C) groups is 1. The van der Waals surface area contributed by atoms with E-state index in [1.807, 2.05) is 7.05 Å². The Morgan fingerprint density at radius 3 is 2.42 bits per heavy atom. The van der Waals surface area contributed by atoms with E-state index < -0.39 is 0 Å². The van der Waals surface area contributed by atoms with Gasteiger partial charge < -0.3 is 20.6 Å². The Morgan fingerprint density at radius 1 is 1.03 bits per heavy atom. The van der Waals surface area contributed by atoms with E-state index in [1.165, 1.54) is 43.5 Å². The van der Waals surface area contributed by atoms with Gasteiger partial charge in [0.25, 0.3) is 0 Å². The van der Waals surface area contributed by atoms with Gasteiger partial charge in [-0.25, -0.2) is 0 Å². The molecule has 2 fully saturated rings. The Hall–Kier alpha value is -0.900. The van der Waals surface area contributed by atoms with E-state index in [1.54, 1.807) is 0 Å². The molecule has 0 radical (unpaired) electrons. The summed E-state index contributed by atoms with van der Waals surface area (Å²) < 4.78 is 0. The topological polar surface area (TPSA) is 63.1 Å². The molecule has 0 aromatic heterocycles. The third kappa shape index (κ3) is 9.24. The maximum absolute atomic E-state index is 9.64. The van der Waals surface area contributed by atoms with Crippen LogP contribution in [0.3, 0.4) is 0 Å². The van der Waals surface area contributed by atoms with Crippen LogP contribution in [0.5, 0.6) is 0 Å². The van der Waals surface area contributed by atoms with E-state index in [4.69, 9.17) is 0 Å². The summed E-state index contributed by atoms with van der Waals surface area (Å²) in [5.74, 6) is 0.873. The average Bonchev–Trinajstić information content (AvgIpc) is 2.77. The van der Waals surface area contributed by atoms with Crippen molar-refractivity contribution in [3.63, 3.8) is 0 Å². The second-order valence-electron chi connectivity index (χ2n) is 8.91. The van der Waals surface area contributed by atoms with Crippen molar-refractivity contribution >= 4 is 29.9 Å². The van der Waals surface area contributed by atoms with Gasteiger partial charge in [0.15, 0.2) is 5.96 Å². The molecule has 0 aliphatic carbocycles. The first-order chi connectivity index (χ1) is 14.6. The minimum absolute atomic E-state index is 0. The van der Waals surface area contributed by atoms with Gasteiger partial charge in [0, 0.05) is 52.4 Å². The summed E-state index contributed by atoms with van der Waals surface area (Å²) in [5, 5.41) is 16.5. The molecule has 31 heavy (non-hydrogen) atoms. The van der Waals surface area contributed by atoms with E-state index in [0.29, 0.717) is 0 Å². The number of hydrogen-bond acceptors (Lipinski definition) is 4. The molecule has 1 unspecified atom stereocenters. The first kappa shape index (κ1) is 26.4. The van der Waals surface area contributed by atoms with Crippen LogP contribution in [0.25, 0.3) is 0 Å². The minimum Gasteiger partial charge on any atom is -0.393 e. The van der Waals surface area contributed by atoms with Gasteiger partial charge in [-0.2, -0.15) is 0 Å². The number of guanidine groups is 1. The van der Waals surface area contributed by atoms with Gasteiger partial charge in [0.1, 0.15) is 0 Å². The zero-order chi connectivity index (χ0) is 21.2. The molecule has 0 amide bonds. The van der Waals surface area contributed by atoms with Crippen LogP contribution in [0, 0.1) is 0 Å². The van der Waals surface area contributed by atoms with Crippen molar-refractivity contribution in [2.24, 2.45) is 4.99 Å². The van der Waals surface area contributed by atoms with Crippen LogP contribution in [0.1, 0.15) is 56.6 Å². The predicted molar refractivity (Wildman–Crippen MR) is 140 cm³/mol. The molecule has 3 N–H and O–H groups in total. The lowest BCUT2D eigenvalue weighted by Gasteiger charge is -2.33. The monoisotopic (exact) mass is 543 g/mol. The lowest BCUT2D eigenvalue weighted by atomic mass is 10.0. The fourth-order valence-corrected chi connectivity index (χ4v) is 4.48. The number of hydrogen-bond donors (Lipinski definition) is 3. The summed E-state index contributed by atoms with van der Waals surface area (Å²) >= 11 is 0. The molecule has 176 valence electrons. The molecule has 2 aliphatic rings. The maximum Gasteiger partial charge on any atom is 0.191 e. The van der Waals surface area contributed by atoms with E-state index in [0.717, 1.165) is 64.0 Å². The molecule has 0 saturated carbocycles. The SMILES string of the molecule is CN=C(NCCCN1CCCCC1C)NCc1ccc(CN2CCC(O)CC2)cc1.I. The molecular formula is C24H42IN5O. The highest BCUT2D eigenvalue weighted by molar-refractivity contribution is 14.0. The Labute approximate surface area is 205 Å². The van der Waals surface area contributed by atoms with Crippen molar-refractivity contribution in [2.75, 3.05) is 39.8 Å². The van der Waals surface area contributed by atoms with Gasteiger partial charge in [-0.3, -0.25) is 9.89 Å². The largest absolute Gasteiger partial charge is 0.393 e. The number of likely N-dealkylation sites (tertiary alicyclic amines) is 2. The second kappa shape index (κ2) is 14.3. The predicted octanol–water partition coefficient (Wildman–Crippen LogP) is 3.19. The van der Waals surface area contributed by atoms with Crippen molar-refractivity contribution in [3.8, 4) is 0 Å². The van der Waals surface area contributed by atoms with Crippen molar-refractivity contribution in [3.05, 3.63) is 35.4 Å². The number of piperidine rings is 2. The summed E-state index contributed by atoms with van der Waals surface area (Å²) in [6.45, 7) is 9.46. The highest BCUT2D eigenvalue weighted by atomic mass is 127. The zero-order valence-electron chi connectivity index (χ0n) is 19.4. The van der Waals surface area contributed by atoms with Gasteiger partial charge in [0.05, 0.1) is 6.10 Å². The van der Waals surface area contributed by atoms with Crippen molar-refractivity contribution in [1.29, 1.82) is 0 Å². The number of halogens is 1. The number of nitrogens with one attached hydrogen (secondary N) is 2. The van der Waals surface area contributed by atoms with E-state index >= 15 is 0 Å². The highest BCUT2D eigenvalue weighted by Gasteiger charge is 2.18. The number of rotatable bonds is 8. The Bertz CT molecular complexity index is 646. The summed E-state index contributed by atoms with van der Waals surface area (Å²) in [6.07, 6.45) is 6.91. The van der Waals surface area contributed by atoms with Crippen LogP contribution in [0.15, 0.2) is 29.3 Å². The zero-order valence-corrected chi connectivity index (χ0v) is 21.7. The van der Waals surface area contributed by atoms with Crippen molar-refractivity contribution in [1.82, 2.24) is 20.4 Å². The number of benzene rings is 1. The molecule has 1 aromatic carbocycles. The van der Waals surface area contributed by atoms with Gasteiger partial charge in [-0.15, -0.1) is 24.0 Å². The first-order valence-electron chi connectivity index (χ1n) is 11.8. The lowest BCUT2D eigenvalue weighted by Crippen LogP contribution is -2.41. The molecule has 0 bridgehead atoms. The summed E-state index contributed by atoms with van der Waals surface area (Å²) in [4.78, 5) is 9.40. The molecule has 3 rings (SSSR count). The van der Waals surface area contributed by atoms with Crippen molar-refractivity contribution in [2.45, 2.75) is 70.7 Å². The Kier molecular flexibility index (Phi) is 12.1. The first-order valence-corrected chi connectivity index (χ1v) is 11.8. The van der Waals surface area contributed by atoms with Crippen LogP contribution >= 0.6 is 24.0 Å². The van der Waals surface area contributed by atoms with Gasteiger partial charge >= 0.3 is 0 Å². The lowest BCUT2D eigenvalue weighted by molar-refractivity contribution is 0.0792. The van der Waals surface area contributed by atoms with Gasteiger partial charge in [-0.05, 0) is 56.7 Å². The standard InChI is InChI=1S/C24H41N5O.HI/c1-20-6-3-4-14-29(20)15-5-13-26-24(25-2)27-18-21-7-9-22(10-8-21)19-28-16-11-23(30)12-17-28;/h7-10,20,23,30H,3-6,11-19H2,1-2H3,(H2,25,26,27);1H. The molecule has 7 heteroatoms. The molecule has 2 heterocycles. The molecule has 2 aliphatic heterocycles. The third-order valence-corrected chi connectivity index (χ3v) is 6.52. The summed E-state index contributed by atoms with van der Waals surface area (Å²) in [5.41, 5.74) is 2.60. The second-order valence-corrected chi connectivity index (χ2v) is 8.91. The van der Waals surface area contributed by atoms with Crippen LogP contribution in [-0.2, 0) is 13.1 Å². The third-order valence-electron chi connectivity index (χ3n) is 6.52. The fraction of sp³-hybridized carbons (Fsp3) is 0.708. The highest BCUT2D eigenvalue weighted by Crippen LogP contribution is 2.16. The van der Waals surface area contributed by atoms with Crippen LogP contribution in [0.4, 0.5) is 0 Å². The van der Waals surface area contributed by atoms with E-state index in [-0.39, 0.29) is 30.1 Å². The molecule has 0 spiro atoms. The molecule has 2 saturated heterocycles. The maximum atomic E-state index is 9.64. The van der Waals surface area contributed by atoms with E-state index in [2.05, 4.69) is 56.6 Å². The number of aliphatic hydroxyl groups is 1. The Morgan fingerprint density at radius 2 is 1.74 bits per heavy atom. The number of aliphatic hydroxyl groups excluding tert-OH is 1. The quantitative estimate of drug-likeness (QED) is 0.204. The molecule has 6 nitrogen and oxygen atoms in total.